The van der Waals surface area contributed by atoms with Crippen molar-refractivity contribution in [3.63, 3.8) is 0 Å². The van der Waals surface area contributed by atoms with Gasteiger partial charge in [0.05, 0.1) is 18.2 Å². The van der Waals surface area contributed by atoms with Crippen molar-refractivity contribution < 1.29 is 28.2 Å². The van der Waals surface area contributed by atoms with E-state index in [1.54, 1.807) is 30.3 Å². The van der Waals surface area contributed by atoms with E-state index in [0.717, 1.165) is 35.4 Å². The zero-order valence-electron chi connectivity index (χ0n) is 17.3. The fraction of sp³-hybridized carbons (Fsp3) is 0.160. The number of hydrogen-bond donors (Lipinski definition) is 1. The summed E-state index contributed by atoms with van der Waals surface area (Å²) in [7, 11) is 0. The summed E-state index contributed by atoms with van der Waals surface area (Å²) in [5.74, 6) is -3.78. The maximum Gasteiger partial charge on any atom is 0.300 e. The number of benzene rings is 2. The summed E-state index contributed by atoms with van der Waals surface area (Å²) in [6.07, 6.45) is 4.56. The lowest BCUT2D eigenvalue weighted by Crippen LogP contribution is -2.29. The molecule has 2 aromatic carbocycles. The Kier molecular flexibility index (Phi) is 5.12. The smallest absolute Gasteiger partial charge is 0.300 e. The maximum absolute atomic E-state index is 14.0. The average molecular weight is 448 g/mol. The first kappa shape index (κ1) is 20.8. The van der Waals surface area contributed by atoms with Gasteiger partial charge >= 0.3 is 0 Å². The molecule has 3 aromatic rings. The number of aromatic nitrogens is 1. The van der Waals surface area contributed by atoms with Crippen molar-refractivity contribution in [1.29, 1.82) is 0 Å². The predicted molar refractivity (Wildman–Crippen MR) is 116 cm³/mol. The molecule has 1 fully saturated rings. The van der Waals surface area contributed by atoms with Crippen LogP contribution in [0.3, 0.4) is 0 Å². The number of amides is 1. The third-order valence-corrected chi connectivity index (χ3v) is 5.81. The highest BCUT2D eigenvalue weighted by atomic mass is 19.2. The van der Waals surface area contributed by atoms with Crippen LogP contribution in [0.25, 0.3) is 5.76 Å². The second-order valence-electron chi connectivity index (χ2n) is 7.83. The fourth-order valence-electron chi connectivity index (χ4n) is 4.25. The van der Waals surface area contributed by atoms with Crippen LogP contribution in [-0.2, 0) is 16.0 Å². The average Bonchev–Trinajstić information content (AvgIpc) is 3.11. The third-order valence-electron chi connectivity index (χ3n) is 5.81. The van der Waals surface area contributed by atoms with Crippen molar-refractivity contribution in [2.24, 2.45) is 0 Å². The van der Waals surface area contributed by atoms with E-state index in [-0.39, 0.29) is 17.0 Å². The molecule has 0 radical (unpaired) electrons. The monoisotopic (exact) mass is 448 g/mol. The molecule has 0 spiro atoms. The highest BCUT2D eigenvalue weighted by Gasteiger charge is 2.47. The van der Waals surface area contributed by atoms with Gasteiger partial charge < -0.3 is 9.84 Å². The minimum absolute atomic E-state index is 0.0113. The van der Waals surface area contributed by atoms with Crippen molar-refractivity contribution in [3.8, 4) is 5.75 Å². The Morgan fingerprint density at radius 1 is 1.09 bits per heavy atom. The molecule has 2 aliphatic rings. The number of halogens is 2. The first-order valence-electron chi connectivity index (χ1n) is 10.4. The molecule has 5 rings (SSSR count). The quantitative estimate of drug-likeness (QED) is 0.367. The second-order valence-corrected chi connectivity index (χ2v) is 7.83. The van der Waals surface area contributed by atoms with Crippen LogP contribution in [-0.4, -0.2) is 28.4 Å². The van der Waals surface area contributed by atoms with Crippen LogP contribution in [0.4, 0.5) is 14.5 Å². The maximum atomic E-state index is 14.0. The lowest BCUT2D eigenvalue weighted by atomic mass is 9.94. The van der Waals surface area contributed by atoms with Crippen LogP contribution in [0.1, 0.15) is 29.2 Å². The van der Waals surface area contributed by atoms with E-state index in [1.807, 2.05) is 0 Å². The molecule has 1 unspecified atom stereocenters. The molecule has 1 atom stereocenters. The van der Waals surface area contributed by atoms with Gasteiger partial charge in [0.2, 0.25) is 0 Å². The van der Waals surface area contributed by atoms with E-state index in [4.69, 9.17) is 4.74 Å². The molecule has 1 amide bonds. The summed E-state index contributed by atoms with van der Waals surface area (Å²) in [6, 6.07) is 10.2. The molecular formula is C25H18F2N2O4. The van der Waals surface area contributed by atoms with Gasteiger partial charge in [0.25, 0.3) is 11.7 Å². The van der Waals surface area contributed by atoms with Gasteiger partial charge in [0, 0.05) is 29.7 Å². The lowest BCUT2D eigenvalue weighted by molar-refractivity contribution is -0.132. The van der Waals surface area contributed by atoms with Gasteiger partial charge in [0.15, 0.2) is 11.6 Å². The molecule has 6 nitrogen and oxygen atoms in total. The summed E-state index contributed by atoms with van der Waals surface area (Å²) >= 11 is 0. The third kappa shape index (κ3) is 3.53. The molecule has 0 bridgehead atoms. The van der Waals surface area contributed by atoms with Crippen LogP contribution in [0.15, 0.2) is 66.5 Å². The SMILES string of the molecule is O=C1C(=O)N(c2ccc(F)c(F)c2)C(c2cccnc2)/C1=C(/O)c1ccc2c(c1)CCCO2. The Morgan fingerprint density at radius 3 is 2.70 bits per heavy atom. The summed E-state index contributed by atoms with van der Waals surface area (Å²) in [5.41, 5.74) is 1.51. The van der Waals surface area contributed by atoms with E-state index in [0.29, 0.717) is 23.5 Å². The molecule has 3 heterocycles. The molecule has 0 saturated carbocycles. The minimum atomic E-state index is -1.16. The number of ketones is 1. The Balaban J connectivity index is 1.69. The normalized spacial score (nSPS) is 19.3. The summed E-state index contributed by atoms with van der Waals surface area (Å²) in [6.45, 7) is 0.610. The standard InChI is InChI=1S/C25H18F2N2O4/c26-18-7-6-17(12-19(18)27)29-22(16-3-1-9-28-13-16)21(24(31)25(29)32)23(30)15-5-8-20-14(11-15)4-2-10-33-20/h1,3,5-9,11-13,22,30H,2,4,10H2/b23-21-. The lowest BCUT2D eigenvalue weighted by Gasteiger charge is -2.25. The molecule has 1 saturated heterocycles. The molecule has 0 aliphatic carbocycles. The number of hydrogen-bond acceptors (Lipinski definition) is 5. The number of ether oxygens (including phenoxy) is 1. The van der Waals surface area contributed by atoms with Crippen molar-refractivity contribution in [2.45, 2.75) is 18.9 Å². The molecule has 33 heavy (non-hydrogen) atoms. The van der Waals surface area contributed by atoms with Crippen LogP contribution in [0.5, 0.6) is 5.75 Å². The van der Waals surface area contributed by atoms with Gasteiger partial charge in [-0.25, -0.2) is 8.78 Å². The zero-order chi connectivity index (χ0) is 23.1. The first-order chi connectivity index (χ1) is 16.0. The second kappa shape index (κ2) is 8.12. The molecule has 8 heteroatoms. The number of aryl methyl sites for hydroxylation is 1. The summed E-state index contributed by atoms with van der Waals surface area (Å²) in [5, 5.41) is 11.2. The molecule has 2 aliphatic heterocycles. The van der Waals surface area contributed by atoms with Crippen molar-refractivity contribution >= 4 is 23.1 Å². The summed E-state index contributed by atoms with van der Waals surface area (Å²) < 4.78 is 33.1. The predicted octanol–water partition coefficient (Wildman–Crippen LogP) is 4.31. The zero-order valence-corrected chi connectivity index (χ0v) is 17.3. The molecule has 1 aromatic heterocycles. The number of pyridine rings is 1. The highest BCUT2D eigenvalue weighted by molar-refractivity contribution is 6.51. The van der Waals surface area contributed by atoms with Crippen LogP contribution in [0.2, 0.25) is 0 Å². The number of rotatable bonds is 3. The van der Waals surface area contributed by atoms with Crippen molar-refractivity contribution in [1.82, 2.24) is 4.98 Å². The minimum Gasteiger partial charge on any atom is -0.507 e. The Hall–Kier alpha value is -4.07. The largest absolute Gasteiger partial charge is 0.507 e. The van der Waals surface area contributed by atoms with Crippen LogP contribution in [0, 0.1) is 11.6 Å². The van der Waals surface area contributed by atoms with Gasteiger partial charge in [-0.2, -0.15) is 0 Å². The van der Waals surface area contributed by atoms with Crippen molar-refractivity contribution in [3.05, 3.63) is 94.8 Å². The fourth-order valence-corrected chi connectivity index (χ4v) is 4.25. The Morgan fingerprint density at radius 2 is 1.94 bits per heavy atom. The van der Waals surface area contributed by atoms with Gasteiger partial charge in [-0.1, -0.05) is 6.07 Å². The van der Waals surface area contributed by atoms with Crippen molar-refractivity contribution in [2.75, 3.05) is 11.5 Å². The van der Waals surface area contributed by atoms with E-state index < -0.39 is 29.4 Å². The number of aliphatic hydroxyl groups excluding tert-OH is 1. The number of aliphatic hydroxyl groups is 1. The van der Waals surface area contributed by atoms with E-state index in [1.165, 1.54) is 18.5 Å². The first-order valence-corrected chi connectivity index (χ1v) is 10.4. The highest BCUT2D eigenvalue weighted by Crippen LogP contribution is 2.42. The van der Waals surface area contributed by atoms with E-state index in [9.17, 15) is 23.5 Å². The Bertz CT molecular complexity index is 1310. The Labute approximate surface area is 187 Å². The van der Waals surface area contributed by atoms with Gasteiger partial charge in [0.1, 0.15) is 11.5 Å². The van der Waals surface area contributed by atoms with E-state index >= 15 is 0 Å². The number of carbonyl (C=O) groups excluding carboxylic acids is 2. The van der Waals surface area contributed by atoms with Crippen LogP contribution >= 0.6 is 0 Å². The number of nitrogens with zero attached hydrogens (tertiary/aromatic N) is 2. The number of Topliss-reactive ketones (excluding diaryl/α,β-unsaturated/α-hetero) is 1. The molecular weight excluding hydrogens is 430 g/mol. The summed E-state index contributed by atoms with van der Waals surface area (Å²) in [4.78, 5) is 31.3. The topological polar surface area (TPSA) is 79.7 Å². The number of carbonyl (C=O) groups is 2. The number of anilines is 1. The van der Waals surface area contributed by atoms with Gasteiger partial charge in [-0.15, -0.1) is 0 Å². The van der Waals surface area contributed by atoms with Gasteiger partial charge in [-0.3, -0.25) is 19.5 Å². The van der Waals surface area contributed by atoms with Gasteiger partial charge in [-0.05, 0) is 60.4 Å². The molecule has 1 N–H and O–H groups in total. The number of fused-ring (bicyclic) bond motifs is 1. The van der Waals surface area contributed by atoms with E-state index in [2.05, 4.69) is 4.98 Å². The van der Waals surface area contributed by atoms with Crippen LogP contribution < -0.4 is 9.64 Å². The molecule has 166 valence electrons.